The Bertz CT molecular complexity index is 619. The van der Waals surface area contributed by atoms with E-state index in [2.05, 4.69) is 5.32 Å². The summed E-state index contributed by atoms with van der Waals surface area (Å²) < 4.78 is 0. The van der Waals surface area contributed by atoms with Gasteiger partial charge in [-0.25, -0.2) is 0 Å². The Morgan fingerprint density at radius 3 is 1.96 bits per heavy atom. The van der Waals surface area contributed by atoms with Crippen LogP contribution < -0.4 is 5.32 Å². The first-order valence-electron chi connectivity index (χ1n) is 7.86. The van der Waals surface area contributed by atoms with E-state index in [1.807, 2.05) is 60.7 Å². The molecule has 2 rings (SSSR count). The Kier molecular flexibility index (Phi) is 6.51. The molecule has 0 aliphatic rings. The van der Waals surface area contributed by atoms with Crippen molar-refractivity contribution in [3.05, 3.63) is 71.8 Å². The fraction of sp³-hybridized carbons (Fsp3) is 0.263. The molecule has 0 aliphatic heterocycles. The van der Waals surface area contributed by atoms with E-state index in [1.165, 1.54) is 0 Å². The Balaban J connectivity index is 2.04. The molecular weight excluding hydrogens is 304 g/mol. The number of amides is 1. The van der Waals surface area contributed by atoms with E-state index in [-0.39, 0.29) is 24.9 Å². The maximum Gasteiger partial charge on any atom is 0.317 e. The summed E-state index contributed by atoms with van der Waals surface area (Å²) in [5, 5.41) is 11.8. The third-order valence-electron chi connectivity index (χ3n) is 3.70. The summed E-state index contributed by atoms with van der Waals surface area (Å²) in [6.07, 6.45) is 0.250. The van der Waals surface area contributed by atoms with Gasteiger partial charge in [0.15, 0.2) is 0 Å². The number of carbonyl (C=O) groups excluding carboxylic acids is 1. The molecule has 2 aromatic rings. The summed E-state index contributed by atoms with van der Waals surface area (Å²) in [7, 11) is 1.69. The minimum atomic E-state index is -0.899. The van der Waals surface area contributed by atoms with Gasteiger partial charge in [-0.05, 0) is 18.2 Å². The number of nitrogens with one attached hydrogen (secondary N) is 1. The Labute approximate surface area is 141 Å². The van der Waals surface area contributed by atoms with E-state index in [1.54, 1.807) is 11.9 Å². The predicted molar refractivity (Wildman–Crippen MR) is 92.6 cm³/mol. The lowest BCUT2D eigenvalue weighted by molar-refractivity contribution is -0.138. The van der Waals surface area contributed by atoms with Crippen LogP contribution in [-0.2, 0) is 9.59 Å². The van der Waals surface area contributed by atoms with Crippen molar-refractivity contribution in [1.29, 1.82) is 0 Å². The summed E-state index contributed by atoms with van der Waals surface area (Å²) in [5.74, 6) is -1.01. The standard InChI is InChI=1S/C19H22N2O3/c1-21(14-18(23)24)13-12-17(22)20-19(15-8-4-2-5-9-15)16-10-6-3-7-11-16/h2-11,19H,12-14H2,1H3,(H,20,22)(H,23,24). The number of hydrogen-bond donors (Lipinski definition) is 2. The molecule has 1 amide bonds. The number of aliphatic carboxylic acids is 1. The summed E-state index contributed by atoms with van der Waals surface area (Å²) in [6.45, 7) is 0.322. The zero-order valence-corrected chi connectivity index (χ0v) is 13.7. The maximum absolute atomic E-state index is 12.3. The van der Waals surface area contributed by atoms with Gasteiger partial charge in [0, 0.05) is 13.0 Å². The first kappa shape index (κ1) is 17.7. The highest BCUT2D eigenvalue weighted by Crippen LogP contribution is 2.21. The van der Waals surface area contributed by atoms with E-state index in [0.717, 1.165) is 11.1 Å². The topological polar surface area (TPSA) is 69.6 Å². The molecule has 0 atom stereocenters. The van der Waals surface area contributed by atoms with Gasteiger partial charge in [0.1, 0.15) is 0 Å². The number of rotatable bonds is 8. The first-order valence-corrected chi connectivity index (χ1v) is 7.86. The highest BCUT2D eigenvalue weighted by Gasteiger charge is 2.17. The van der Waals surface area contributed by atoms with Crippen molar-refractivity contribution in [2.75, 3.05) is 20.1 Å². The smallest absolute Gasteiger partial charge is 0.317 e. The third-order valence-corrected chi connectivity index (χ3v) is 3.70. The fourth-order valence-electron chi connectivity index (χ4n) is 2.49. The molecule has 0 fully saturated rings. The van der Waals surface area contributed by atoms with Crippen LogP contribution in [0.25, 0.3) is 0 Å². The molecule has 0 saturated heterocycles. The monoisotopic (exact) mass is 326 g/mol. The van der Waals surface area contributed by atoms with Crippen molar-refractivity contribution in [1.82, 2.24) is 10.2 Å². The van der Waals surface area contributed by atoms with Crippen molar-refractivity contribution in [3.63, 3.8) is 0 Å². The molecule has 5 nitrogen and oxygen atoms in total. The van der Waals surface area contributed by atoms with Crippen LogP contribution in [0, 0.1) is 0 Å². The Morgan fingerprint density at radius 1 is 1.00 bits per heavy atom. The molecule has 126 valence electrons. The largest absolute Gasteiger partial charge is 0.480 e. The van der Waals surface area contributed by atoms with Gasteiger partial charge in [-0.1, -0.05) is 60.7 Å². The molecule has 0 unspecified atom stereocenters. The lowest BCUT2D eigenvalue weighted by Crippen LogP contribution is -2.33. The van der Waals surface area contributed by atoms with Crippen LogP contribution in [0.3, 0.4) is 0 Å². The SMILES string of the molecule is CN(CCC(=O)NC(c1ccccc1)c1ccccc1)CC(=O)O. The molecule has 0 aromatic heterocycles. The second-order valence-electron chi connectivity index (χ2n) is 5.70. The van der Waals surface area contributed by atoms with Gasteiger partial charge in [0.2, 0.25) is 5.91 Å². The minimum Gasteiger partial charge on any atom is -0.480 e. The van der Waals surface area contributed by atoms with Gasteiger partial charge in [-0.15, -0.1) is 0 Å². The quantitative estimate of drug-likeness (QED) is 0.781. The number of carboxylic acid groups (broad SMARTS) is 1. The van der Waals surface area contributed by atoms with Crippen LogP contribution in [0.1, 0.15) is 23.6 Å². The number of carbonyl (C=O) groups is 2. The number of carboxylic acids is 1. The molecule has 0 saturated carbocycles. The fourth-order valence-corrected chi connectivity index (χ4v) is 2.49. The summed E-state index contributed by atoms with van der Waals surface area (Å²) in [5.41, 5.74) is 2.02. The van der Waals surface area contributed by atoms with E-state index >= 15 is 0 Å². The lowest BCUT2D eigenvalue weighted by atomic mass is 9.98. The average Bonchev–Trinajstić information content (AvgIpc) is 2.59. The lowest BCUT2D eigenvalue weighted by Gasteiger charge is -2.21. The molecule has 5 heteroatoms. The van der Waals surface area contributed by atoms with Crippen LogP contribution >= 0.6 is 0 Å². The summed E-state index contributed by atoms with van der Waals surface area (Å²) >= 11 is 0. The molecule has 0 aliphatic carbocycles. The zero-order chi connectivity index (χ0) is 17.4. The molecular formula is C19H22N2O3. The Hall–Kier alpha value is -2.66. The zero-order valence-electron chi connectivity index (χ0n) is 13.7. The van der Waals surface area contributed by atoms with Crippen LogP contribution in [0.2, 0.25) is 0 Å². The molecule has 0 bridgehead atoms. The number of benzene rings is 2. The Morgan fingerprint density at radius 2 is 1.50 bits per heavy atom. The van der Waals surface area contributed by atoms with Crippen LogP contribution in [0.15, 0.2) is 60.7 Å². The molecule has 2 N–H and O–H groups in total. The van der Waals surface area contributed by atoms with Gasteiger partial charge in [-0.3, -0.25) is 14.5 Å². The van der Waals surface area contributed by atoms with Crippen LogP contribution in [-0.4, -0.2) is 42.0 Å². The molecule has 0 spiro atoms. The van der Waals surface area contributed by atoms with E-state index in [9.17, 15) is 9.59 Å². The van der Waals surface area contributed by atoms with Crippen molar-refractivity contribution in [3.8, 4) is 0 Å². The molecule has 2 aromatic carbocycles. The van der Waals surface area contributed by atoms with Crippen LogP contribution in [0.4, 0.5) is 0 Å². The van der Waals surface area contributed by atoms with E-state index in [0.29, 0.717) is 6.54 Å². The maximum atomic E-state index is 12.3. The minimum absolute atomic E-state index is 0.0753. The number of likely N-dealkylation sites (N-methyl/N-ethyl adjacent to an activating group) is 1. The summed E-state index contributed by atoms with van der Waals surface area (Å²) in [6, 6.07) is 19.4. The van der Waals surface area contributed by atoms with Gasteiger partial charge in [0.25, 0.3) is 0 Å². The molecule has 0 radical (unpaired) electrons. The average molecular weight is 326 g/mol. The van der Waals surface area contributed by atoms with Crippen molar-refractivity contribution in [2.24, 2.45) is 0 Å². The van der Waals surface area contributed by atoms with Gasteiger partial charge in [0.05, 0.1) is 12.6 Å². The second-order valence-corrected chi connectivity index (χ2v) is 5.70. The summed E-state index contributed by atoms with van der Waals surface area (Å²) in [4.78, 5) is 24.6. The number of hydrogen-bond acceptors (Lipinski definition) is 3. The normalized spacial score (nSPS) is 10.8. The molecule has 0 heterocycles. The van der Waals surface area contributed by atoms with Gasteiger partial charge in [-0.2, -0.15) is 0 Å². The van der Waals surface area contributed by atoms with E-state index < -0.39 is 5.97 Å². The second kappa shape index (κ2) is 8.84. The van der Waals surface area contributed by atoms with Crippen LogP contribution in [0.5, 0.6) is 0 Å². The highest BCUT2D eigenvalue weighted by atomic mass is 16.4. The molecule has 24 heavy (non-hydrogen) atoms. The van der Waals surface area contributed by atoms with Gasteiger partial charge >= 0.3 is 5.97 Å². The third kappa shape index (κ3) is 5.52. The number of nitrogens with zero attached hydrogens (tertiary/aromatic N) is 1. The van der Waals surface area contributed by atoms with Gasteiger partial charge < -0.3 is 10.4 Å². The van der Waals surface area contributed by atoms with Crippen molar-refractivity contribution < 1.29 is 14.7 Å². The van der Waals surface area contributed by atoms with Crippen molar-refractivity contribution >= 4 is 11.9 Å². The van der Waals surface area contributed by atoms with E-state index in [4.69, 9.17) is 5.11 Å². The first-order chi connectivity index (χ1) is 11.6. The predicted octanol–water partition coefficient (Wildman–Crippen LogP) is 2.30. The van der Waals surface area contributed by atoms with Crippen molar-refractivity contribution in [2.45, 2.75) is 12.5 Å². The highest BCUT2D eigenvalue weighted by molar-refractivity contribution is 5.77.